The molecule has 1 N–H and O–H groups in total. The Morgan fingerprint density at radius 3 is 2.42 bits per heavy atom. The number of amides is 1. The highest BCUT2D eigenvalue weighted by Crippen LogP contribution is 2.08. The Morgan fingerprint density at radius 1 is 1.33 bits per heavy atom. The Kier molecular flexibility index (Phi) is 3.25. The molecule has 0 aromatic heterocycles. The molecule has 0 unspecified atom stereocenters. The van der Waals surface area contributed by atoms with Crippen molar-refractivity contribution in [2.45, 2.75) is 0 Å². The molecule has 1 heterocycles. The maximum Gasteiger partial charge on any atom is 0.532 e. The average molecular weight is 192 g/mol. The van der Waals surface area contributed by atoms with Gasteiger partial charge in [-0.3, -0.25) is 0 Å². The standard InChI is InChI=1S/C5H9N2O4P/c8-5(11-12(9)10)7-3-1-6-2-4-7/h6H,1-4H2. The van der Waals surface area contributed by atoms with E-state index in [1.165, 1.54) is 4.90 Å². The zero-order chi connectivity index (χ0) is 8.97. The van der Waals surface area contributed by atoms with E-state index in [0.29, 0.717) is 26.2 Å². The number of carbonyl (C=O) groups is 1. The van der Waals surface area contributed by atoms with Crippen LogP contribution >= 0.6 is 7.91 Å². The van der Waals surface area contributed by atoms with Crippen LogP contribution in [0.25, 0.3) is 0 Å². The number of hydrogen-bond donors (Lipinski definition) is 1. The van der Waals surface area contributed by atoms with Gasteiger partial charge < -0.3 is 14.7 Å². The second-order valence-corrected chi connectivity index (χ2v) is 2.95. The van der Waals surface area contributed by atoms with E-state index in [9.17, 15) is 13.9 Å². The smallest absolute Gasteiger partial charge is 0.334 e. The zero-order valence-electron chi connectivity index (χ0n) is 6.36. The van der Waals surface area contributed by atoms with Gasteiger partial charge in [-0.05, 0) is 0 Å². The fourth-order valence-corrected chi connectivity index (χ4v) is 1.21. The molecule has 1 saturated heterocycles. The highest BCUT2D eigenvalue weighted by molar-refractivity contribution is 7.25. The van der Waals surface area contributed by atoms with E-state index in [4.69, 9.17) is 0 Å². The van der Waals surface area contributed by atoms with E-state index in [1.807, 2.05) is 0 Å². The summed E-state index contributed by atoms with van der Waals surface area (Å²) in [7, 11) is -3.08. The van der Waals surface area contributed by atoms with Gasteiger partial charge in [0.1, 0.15) is 0 Å². The minimum atomic E-state index is -3.08. The van der Waals surface area contributed by atoms with Crippen LogP contribution in [0, 0.1) is 0 Å². The van der Waals surface area contributed by atoms with E-state index in [-0.39, 0.29) is 0 Å². The van der Waals surface area contributed by atoms with E-state index in [0.717, 1.165) is 0 Å². The van der Waals surface area contributed by atoms with Gasteiger partial charge in [-0.1, -0.05) is 0 Å². The molecule has 0 radical (unpaired) electrons. The first-order valence-electron chi connectivity index (χ1n) is 3.52. The molecular formula is C5H9N2O4P. The highest BCUT2D eigenvalue weighted by Gasteiger charge is 2.18. The number of hydrogen-bond acceptors (Lipinski definition) is 5. The van der Waals surface area contributed by atoms with Gasteiger partial charge in [0.15, 0.2) is 0 Å². The molecule has 0 spiro atoms. The molecule has 1 rings (SSSR count). The van der Waals surface area contributed by atoms with Crippen molar-refractivity contribution >= 4 is 14.0 Å². The third kappa shape index (κ3) is 2.64. The average Bonchev–Trinajstić information content (AvgIpc) is 2.05. The molecule has 0 aliphatic carbocycles. The van der Waals surface area contributed by atoms with Crippen molar-refractivity contribution in [1.82, 2.24) is 10.2 Å². The van der Waals surface area contributed by atoms with Gasteiger partial charge in [-0.2, -0.15) is 9.13 Å². The lowest BCUT2D eigenvalue weighted by molar-refractivity contribution is 0.147. The molecule has 0 aromatic carbocycles. The molecule has 12 heavy (non-hydrogen) atoms. The van der Waals surface area contributed by atoms with Crippen LogP contribution in [0.4, 0.5) is 4.79 Å². The van der Waals surface area contributed by atoms with E-state index < -0.39 is 14.0 Å². The van der Waals surface area contributed by atoms with E-state index in [1.54, 1.807) is 0 Å². The van der Waals surface area contributed by atoms with Gasteiger partial charge in [-0.25, -0.2) is 4.79 Å². The highest BCUT2D eigenvalue weighted by atomic mass is 31.1. The maximum absolute atomic E-state index is 10.9. The minimum absolute atomic E-state index is 0.488. The van der Waals surface area contributed by atoms with Gasteiger partial charge in [-0.15, -0.1) is 0 Å². The largest absolute Gasteiger partial charge is 0.532 e. The van der Waals surface area contributed by atoms with Crippen LogP contribution in [-0.2, 0) is 13.7 Å². The molecule has 1 aliphatic heterocycles. The van der Waals surface area contributed by atoms with Crippen molar-refractivity contribution in [2.24, 2.45) is 0 Å². The summed E-state index contributed by atoms with van der Waals surface area (Å²) in [5.74, 6) is 0. The fourth-order valence-electron chi connectivity index (χ4n) is 0.969. The second kappa shape index (κ2) is 4.23. The predicted molar refractivity (Wildman–Crippen MR) is 39.2 cm³/mol. The summed E-state index contributed by atoms with van der Waals surface area (Å²) < 4.78 is 24.0. The van der Waals surface area contributed by atoms with Crippen LogP contribution in [-0.4, -0.2) is 37.2 Å². The first-order valence-corrected chi connectivity index (χ1v) is 4.61. The number of nitrogens with zero attached hydrogens (tertiary/aromatic N) is 1. The molecule has 68 valence electrons. The zero-order valence-corrected chi connectivity index (χ0v) is 7.25. The van der Waals surface area contributed by atoms with Gasteiger partial charge in [0.05, 0.1) is 0 Å². The topological polar surface area (TPSA) is 75.7 Å². The van der Waals surface area contributed by atoms with Gasteiger partial charge >= 0.3 is 14.0 Å². The molecule has 6 nitrogen and oxygen atoms in total. The minimum Gasteiger partial charge on any atom is -0.334 e. The Morgan fingerprint density at radius 2 is 1.92 bits per heavy atom. The van der Waals surface area contributed by atoms with Gasteiger partial charge in [0, 0.05) is 26.2 Å². The third-order valence-corrected chi connectivity index (χ3v) is 1.83. The van der Waals surface area contributed by atoms with Crippen molar-refractivity contribution < 1.29 is 18.4 Å². The molecular weight excluding hydrogens is 183 g/mol. The van der Waals surface area contributed by atoms with Crippen LogP contribution < -0.4 is 5.32 Å². The molecule has 7 heteroatoms. The van der Waals surface area contributed by atoms with Crippen molar-refractivity contribution in [3.63, 3.8) is 0 Å². The van der Waals surface area contributed by atoms with Crippen LogP contribution in [0.5, 0.6) is 0 Å². The monoisotopic (exact) mass is 192 g/mol. The van der Waals surface area contributed by atoms with Crippen LogP contribution in [0.1, 0.15) is 0 Å². The SMILES string of the molecule is O=C(OP(=O)=O)N1CCNCC1. The van der Waals surface area contributed by atoms with Gasteiger partial charge in [0.2, 0.25) is 0 Å². The van der Waals surface area contributed by atoms with Crippen LogP contribution in [0.3, 0.4) is 0 Å². The molecule has 0 bridgehead atoms. The summed E-state index contributed by atoms with van der Waals surface area (Å²) in [6, 6.07) is 0. The lowest BCUT2D eigenvalue weighted by atomic mass is 10.4. The molecule has 0 saturated carbocycles. The number of piperazine rings is 1. The third-order valence-electron chi connectivity index (χ3n) is 1.53. The van der Waals surface area contributed by atoms with Gasteiger partial charge in [0.25, 0.3) is 0 Å². The predicted octanol–water partition coefficient (Wildman–Crippen LogP) is 0.116. The Bertz CT molecular complexity index is 226. The molecule has 1 fully saturated rings. The molecule has 1 amide bonds. The number of carbonyl (C=O) groups excluding carboxylic acids is 1. The summed E-state index contributed by atoms with van der Waals surface area (Å²) in [5.41, 5.74) is 0. The summed E-state index contributed by atoms with van der Waals surface area (Å²) >= 11 is 0. The van der Waals surface area contributed by atoms with Crippen LogP contribution in [0.15, 0.2) is 0 Å². The molecule has 1 aliphatic rings. The lowest BCUT2D eigenvalue weighted by Crippen LogP contribution is -2.46. The fraction of sp³-hybridized carbons (Fsp3) is 0.800. The summed E-state index contributed by atoms with van der Waals surface area (Å²) in [6.07, 6.45) is -0.785. The summed E-state index contributed by atoms with van der Waals surface area (Å²) in [4.78, 5) is 12.2. The van der Waals surface area contributed by atoms with E-state index in [2.05, 4.69) is 9.84 Å². The number of nitrogens with one attached hydrogen (secondary N) is 1. The van der Waals surface area contributed by atoms with Crippen LogP contribution in [0.2, 0.25) is 0 Å². The van der Waals surface area contributed by atoms with Crippen molar-refractivity contribution in [3.8, 4) is 0 Å². The normalized spacial score (nSPS) is 17.2. The molecule has 0 aromatic rings. The lowest BCUT2D eigenvalue weighted by Gasteiger charge is -2.24. The second-order valence-electron chi connectivity index (χ2n) is 2.32. The van der Waals surface area contributed by atoms with E-state index >= 15 is 0 Å². The maximum atomic E-state index is 10.9. The Labute approximate surface area is 69.8 Å². The summed E-state index contributed by atoms with van der Waals surface area (Å²) in [5, 5.41) is 3.02. The number of rotatable bonds is 1. The first kappa shape index (κ1) is 9.22. The Balaban J connectivity index is 2.39. The first-order chi connectivity index (χ1) is 5.70. The molecule has 0 atom stereocenters. The van der Waals surface area contributed by atoms with Crippen molar-refractivity contribution in [2.75, 3.05) is 26.2 Å². The summed E-state index contributed by atoms with van der Waals surface area (Å²) in [6.45, 7) is 2.32. The van der Waals surface area contributed by atoms with Crippen molar-refractivity contribution in [3.05, 3.63) is 0 Å². The van der Waals surface area contributed by atoms with Crippen molar-refractivity contribution in [1.29, 1.82) is 0 Å². The quantitative estimate of drug-likeness (QED) is 0.597. The Hall–Kier alpha value is -0.870.